The molecular weight excluding hydrogens is 1280 g/mol. The maximum Gasteiger partial charge on any atom is 0.245 e. The third-order valence-corrected chi connectivity index (χ3v) is 15.9. The highest BCUT2D eigenvalue weighted by Gasteiger charge is 2.43. The lowest BCUT2D eigenvalue weighted by Gasteiger charge is -2.33. The fourth-order valence-corrected chi connectivity index (χ4v) is 10.4. The molecule has 0 bridgehead atoms. The lowest BCUT2D eigenvalue weighted by molar-refractivity contribution is -0.143. The first-order chi connectivity index (χ1) is 45.0. The third kappa shape index (κ3) is 28.8. The van der Waals surface area contributed by atoms with Crippen molar-refractivity contribution >= 4 is 108 Å². The number of guanidine groups is 3. The summed E-state index contributed by atoms with van der Waals surface area (Å²) in [6.45, 7) is 8.58. The molecule has 96 heavy (non-hydrogen) atoms. The number of hydrogen-bond acceptors (Lipinski definition) is 18. The largest absolute Gasteiger partial charge is 0.508 e. The van der Waals surface area contributed by atoms with Gasteiger partial charge in [0.15, 0.2) is 17.9 Å². The maximum absolute atomic E-state index is 14.7. The zero-order chi connectivity index (χ0) is 72.0. The van der Waals surface area contributed by atoms with Crippen LogP contribution in [-0.2, 0) is 65.6 Å². The minimum absolute atomic E-state index is 0.0106. The van der Waals surface area contributed by atoms with Gasteiger partial charge in [-0.05, 0) is 115 Å². The molecule has 0 radical (unpaired) electrons. The quantitative estimate of drug-likeness (QED) is 0.0129. The molecule has 0 unspecified atom stereocenters. The summed E-state index contributed by atoms with van der Waals surface area (Å²) in [6, 6.07) is 2.74. The van der Waals surface area contributed by atoms with Gasteiger partial charge in [0, 0.05) is 42.1 Å². The number of carbonyl (C=O) groups excluding carboxylic acids is 11. The Morgan fingerprint density at radius 2 is 1.04 bits per heavy atom. The fraction of sp³-hybridized carbons (Fsp3) is 0.574. The standard InChI is InChI=1S/C61H99N21O12S2/c1-7-33(2)45(54(92)78-40(19-13-27-72-59(68)69)56(94)82-28-14-20-42(82)53(91)80-46(48(63)86)60(3,4)95)79-51(89)39(18-12-26-71-58(66)67)76-50(88)38(17-11-25-70-57(64)65)77-55(93)47(61(5,6)96)81-52(90)41(30-34-15-9-8-10-16-34)75-44(85)32-73-43(84)31-74-49(87)37(62)29-35-21-23-36(83)24-22-35/h8-10,15-16,21-24,33,37-42,45-47,83,95-96H,7,11-14,17-20,25-32,62H2,1-6H3,(H2,63,86)(H,73,84)(H,74,87)(H,75,85)(H,76,88)(H,77,93)(H,78,92)(H,79,89)(H,80,91)(H,81,90)(H4,64,65,70)(H4,66,67,71)(H4,68,69,72)/t33-,37-,38-,39-,40-,41-,42-,45-,46+,47+/m0/s1. The molecule has 35 heteroatoms. The molecule has 0 aliphatic carbocycles. The van der Waals surface area contributed by atoms with Crippen LogP contribution in [-0.4, -0.2) is 196 Å². The lowest BCUT2D eigenvalue weighted by Crippen LogP contribution is -2.63. The van der Waals surface area contributed by atoms with Crippen LogP contribution in [0.1, 0.15) is 110 Å². The van der Waals surface area contributed by atoms with Gasteiger partial charge in [0.25, 0.3) is 0 Å². The molecule has 11 amide bonds. The van der Waals surface area contributed by atoms with Crippen LogP contribution in [0.5, 0.6) is 5.75 Å². The van der Waals surface area contributed by atoms with E-state index in [4.69, 9.17) is 45.9 Å². The number of amides is 11. The summed E-state index contributed by atoms with van der Waals surface area (Å²) in [7, 11) is 0. The van der Waals surface area contributed by atoms with E-state index >= 15 is 0 Å². The van der Waals surface area contributed by atoms with Gasteiger partial charge in [0.05, 0.1) is 19.1 Å². The number of likely N-dealkylation sites (tertiary alicyclic amines) is 1. The number of nitrogens with one attached hydrogen (secondary N) is 9. The average Bonchev–Trinajstić information content (AvgIpc) is 1.57. The molecule has 3 rings (SSSR count). The molecule has 0 aromatic heterocycles. The number of thiol groups is 2. The number of phenolic OH excluding ortho intramolecular Hbond substituents is 1. The SMILES string of the molecule is CC[C@H](C)[C@H](NC(=O)[C@H](CCCN=C(N)N)NC(=O)[C@H](CCCN=C(N)N)NC(=O)[C@@H](NC(=O)[C@H](Cc1ccccc1)NC(=O)CNC(=O)CNC(=O)[C@@H](N)Cc1ccc(O)cc1)C(C)(C)S)C(=O)N[C@@H](CCCN=C(N)N)C(=O)N1CCC[C@H]1C(=O)N[C@H](C(N)=O)C(C)(C)S. The molecule has 1 saturated heterocycles. The summed E-state index contributed by atoms with van der Waals surface area (Å²) in [4.78, 5) is 166. The van der Waals surface area contributed by atoms with Crippen LogP contribution in [0.4, 0.5) is 0 Å². The maximum atomic E-state index is 14.7. The summed E-state index contributed by atoms with van der Waals surface area (Å²) >= 11 is 9.10. The molecular formula is C61H99N21O12S2. The zero-order valence-electron chi connectivity index (χ0n) is 55.2. The second-order valence-electron chi connectivity index (χ2n) is 24.5. The molecule has 10 atom stereocenters. The number of hydrogen-bond donors (Lipinski definition) is 20. The highest BCUT2D eigenvalue weighted by atomic mass is 32.1. The minimum atomic E-state index is -1.55. The number of carbonyl (C=O) groups is 11. The number of nitrogens with zero attached hydrogens (tertiary/aromatic N) is 4. The molecule has 2 aromatic carbocycles. The summed E-state index contributed by atoms with van der Waals surface area (Å²) in [6.07, 6.45) is 0.929. The molecule has 0 spiro atoms. The summed E-state index contributed by atoms with van der Waals surface area (Å²) < 4.78 is -2.47. The Morgan fingerprint density at radius 1 is 0.562 bits per heavy atom. The lowest BCUT2D eigenvalue weighted by atomic mass is 9.96. The molecule has 1 aliphatic heterocycles. The predicted octanol–water partition coefficient (Wildman–Crippen LogP) is -4.77. The van der Waals surface area contributed by atoms with E-state index < -0.39 is 148 Å². The van der Waals surface area contributed by atoms with E-state index in [1.54, 1.807) is 70.2 Å². The second-order valence-corrected chi connectivity index (χ2v) is 26.8. The van der Waals surface area contributed by atoms with Crippen molar-refractivity contribution in [1.29, 1.82) is 0 Å². The summed E-state index contributed by atoms with van der Waals surface area (Å²) in [5.41, 5.74) is 46.4. The van der Waals surface area contributed by atoms with Crippen molar-refractivity contribution in [3.63, 3.8) is 0 Å². The Bertz CT molecular complexity index is 3060. The first-order valence-electron chi connectivity index (χ1n) is 31.5. The molecule has 1 aliphatic rings. The Kier molecular flexibility index (Phi) is 33.5. The van der Waals surface area contributed by atoms with Crippen LogP contribution < -0.4 is 93.7 Å². The van der Waals surface area contributed by atoms with E-state index in [-0.39, 0.29) is 108 Å². The number of aromatic hydroxyl groups is 1. The minimum Gasteiger partial charge on any atom is -0.508 e. The van der Waals surface area contributed by atoms with Crippen molar-refractivity contribution in [2.45, 2.75) is 176 Å². The Balaban J connectivity index is 1.94. The smallest absolute Gasteiger partial charge is 0.245 e. The molecule has 2 aromatic rings. The van der Waals surface area contributed by atoms with Crippen molar-refractivity contribution in [2.24, 2.45) is 66.8 Å². The molecule has 0 saturated carbocycles. The molecule has 1 fully saturated rings. The van der Waals surface area contributed by atoms with E-state index in [1.165, 1.54) is 30.9 Å². The first-order valence-corrected chi connectivity index (χ1v) is 32.4. The number of aliphatic imine (C=N–C) groups is 3. The summed E-state index contributed by atoms with van der Waals surface area (Å²) in [5.74, 6) is -10.1. The van der Waals surface area contributed by atoms with Crippen molar-refractivity contribution in [1.82, 2.24) is 52.8 Å². The van der Waals surface area contributed by atoms with Crippen molar-refractivity contribution in [2.75, 3.05) is 39.3 Å². The second kappa shape index (κ2) is 39.7. The fourth-order valence-electron chi connectivity index (χ4n) is 10.0. The monoisotopic (exact) mass is 1380 g/mol. The van der Waals surface area contributed by atoms with E-state index in [9.17, 15) is 57.8 Å². The molecule has 33 nitrogen and oxygen atoms in total. The number of primary amides is 1. The van der Waals surface area contributed by atoms with Gasteiger partial charge in [-0.1, -0.05) is 62.7 Å². The highest BCUT2D eigenvalue weighted by molar-refractivity contribution is 7.82. The van der Waals surface area contributed by atoms with Crippen LogP contribution >= 0.6 is 25.3 Å². The molecule has 1 heterocycles. The van der Waals surface area contributed by atoms with Crippen LogP contribution in [0, 0.1) is 5.92 Å². The topological polar surface area (TPSA) is 565 Å². The van der Waals surface area contributed by atoms with Crippen molar-refractivity contribution in [3.05, 3.63) is 65.7 Å². The average molecular weight is 1380 g/mol. The van der Waals surface area contributed by atoms with Crippen LogP contribution in [0.25, 0.3) is 0 Å². The third-order valence-electron chi connectivity index (χ3n) is 15.4. The summed E-state index contributed by atoms with van der Waals surface area (Å²) in [5, 5.41) is 33.2. The van der Waals surface area contributed by atoms with Gasteiger partial charge < -0.3 is 104 Å². The number of nitrogens with two attached hydrogens (primary N) is 8. The van der Waals surface area contributed by atoms with Crippen LogP contribution in [0.3, 0.4) is 0 Å². The normalized spacial score (nSPS) is 15.7. The van der Waals surface area contributed by atoms with Crippen molar-refractivity contribution < 1.29 is 57.8 Å². The Labute approximate surface area is 569 Å². The predicted molar refractivity (Wildman–Crippen MR) is 369 cm³/mol. The van der Waals surface area contributed by atoms with E-state index in [0.29, 0.717) is 24.0 Å². The van der Waals surface area contributed by atoms with Gasteiger partial charge in [-0.3, -0.25) is 67.7 Å². The number of phenols is 1. The van der Waals surface area contributed by atoms with Crippen LogP contribution in [0.2, 0.25) is 0 Å². The van der Waals surface area contributed by atoms with Gasteiger partial charge in [-0.15, -0.1) is 0 Å². The van der Waals surface area contributed by atoms with E-state index in [1.807, 2.05) is 0 Å². The van der Waals surface area contributed by atoms with Crippen LogP contribution in [0.15, 0.2) is 69.6 Å². The highest BCUT2D eigenvalue weighted by Crippen LogP contribution is 2.24. The van der Waals surface area contributed by atoms with Crippen molar-refractivity contribution in [3.8, 4) is 5.75 Å². The van der Waals surface area contributed by atoms with E-state index in [2.05, 4.69) is 88.1 Å². The first kappa shape index (κ1) is 81.1. The number of benzene rings is 2. The van der Waals surface area contributed by atoms with Gasteiger partial charge in [-0.25, -0.2) is 0 Å². The van der Waals surface area contributed by atoms with Gasteiger partial charge in [0.1, 0.15) is 54.1 Å². The molecule has 532 valence electrons. The van der Waals surface area contributed by atoms with Gasteiger partial charge in [0.2, 0.25) is 65.0 Å². The zero-order valence-corrected chi connectivity index (χ0v) is 57.0. The Morgan fingerprint density at radius 3 is 1.55 bits per heavy atom. The molecule has 26 N–H and O–H groups in total. The van der Waals surface area contributed by atoms with E-state index in [0.717, 1.165) is 0 Å². The number of rotatable bonds is 40. The van der Waals surface area contributed by atoms with Gasteiger partial charge >= 0.3 is 0 Å². The van der Waals surface area contributed by atoms with Gasteiger partial charge in [-0.2, -0.15) is 25.3 Å². The Hall–Kier alpha value is -9.12.